The normalized spacial score (nSPS) is 11.1. The largest absolute Gasteiger partial charge is 1.00 e. The van der Waals surface area contributed by atoms with Crippen molar-refractivity contribution in [2.75, 3.05) is 0 Å². The van der Waals surface area contributed by atoms with E-state index in [4.69, 9.17) is 16.6 Å². The van der Waals surface area contributed by atoms with Crippen molar-refractivity contribution >= 4 is 24.0 Å². The van der Waals surface area contributed by atoms with Gasteiger partial charge in [-0.3, -0.25) is 4.79 Å². The van der Waals surface area contributed by atoms with Crippen LogP contribution in [0.2, 0.25) is 0 Å². The van der Waals surface area contributed by atoms with Crippen molar-refractivity contribution in [3.05, 3.63) is 0 Å². The maximum absolute atomic E-state index is 10.4. The summed E-state index contributed by atoms with van der Waals surface area (Å²) in [5.74, 6) is -0.932. The Balaban J connectivity index is 0. The molecule has 0 spiro atoms. The summed E-state index contributed by atoms with van der Waals surface area (Å²) in [4.78, 5) is 10.4. The fourth-order valence-electron chi connectivity index (χ4n) is 0.397. The third-order valence-electron chi connectivity index (χ3n) is 0.907. The molecule has 0 heterocycles. The SMILES string of the molecule is CCC(S[O+]=C(N)N)C(=O)O.[Br-]. The number of halogens is 1. The van der Waals surface area contributed by atoms with E-state index in [1.807, 2.05) is 0 Å². The fraction of sp³-hybridized carbons (Fsp3) is 0.600. The highest BCUT2D eigenvalue weighted by Crippen LogP contribution is 2.19. The lowest BCUT2D eigenvalue weighted by molar-refractivity contribution is -0.136. The molecule has 0 aliphatic carbocycles. The number of primary amides is 2. The fourth-order valence-corrected chi connectivity index (χ4v) is 0.843. The maximum atomic E-state index is 10.4. The molecule has 5 nitrogen and oxygen atoms in total. The topological polar surface area (TPSA) is 101 Å². The molecule has 1 unspecified atom stereocenters. The number of hydrogen-bond donors (Lipinski definition) is 3. The smallest absolute Gasteiger partial charge is 0.515 e. The number of amides is 2. The molecular weight excluding hydrogens is 248 g/mol. The lowest BCUT2D eigenvalue weighted by Crippen LogP contribution is -3.00. The van der Waals surface area contributed by atoms with E-state index in [-0.39, 0.29) is 23.0 Å². The van der Waals surface area contributed by atoms with Crippen LogP contribution in [0.5, 0.6) is 0 Å². The third-order valence-corrected chi connectivity index (χ3v) is 1.96. The van der Waals surface area contributed by atoms with Crippen LogP contribution in [0, 0.1) is 0 Å². The van der Waals surface area contributed by atoms with Crippen LogP contribution in [0.1, 0.15) is 13.3 Å². The van der Waals surface area contributed by atoms with Gasteiger partial charge in [0.2, 0.25) is 0 Å². The first-order valence-electron chi connectivity index (χ1n) is 3.02. The summed E-state index contributed by atoms with van der Waals surface area (Å²) < 4.78 is 4.56. The number of aliphatic carboxylic acids is 1. The molecule has 0 aromatic heterocycles. The first-order chi connectivity index (χ1) is 5.07. The average molecular weight is 259 g/mol. The molecule has 0 rings (SSSR count). The molecule has 0 aromatic carbocycles. The van der Waals surface area contributed by atoms with Crippen molar-refractivity contribution < 1.29 is 30.8 Å². The van der Waals surface area contributed by atoms with Crippen LogP contribution < -0.4 is 28.4 Å². The number of carboxylic acids is 1. The Labute approximate surface area is 85.2 Å². The summed E-state index contributed by atoms with van der Waals surface area (Å²) in [5.41, 5.74) is 9.91. The van der Waals surface area contributed by atoms with Crippen molar-refractivity contribution in [1.82, 2.24) is 0 Å². The number of urea groups is 1. The number of nitrogens with two attached hydrogens (primary N) is 2. The maximum Gasteiger partial charge on any atom is 0.515 e. The molecular formula is C5H11BrN2O3S. The predicted octanol–water partition coefficient (Wildman–Crippen LogP) is -2.93. The first-order valence-corrected chi connectivity index (χ1v) is 3.82. The number of carbonyl (C=O) groups excluding carboxylic acids is 1. The van der Waals surface area contributed by atoms with Gasteiger partial charge in [-0.05, 0) is 6.42 Å². The Morgan fingerprint density at radius 2 is 2.17 bits per heavy atom. The van der Waals surface area contributed by atoms with E-state index in [9.17, 15) is 4.79 Å². The van der Waals surface area contributed by atoms with Gasteiger partial charge in [0.15, 0.2) is 5.25 Å². The molecule has 5 N–H and O–H groups in total. The Morgan fingerprint density at radius 3 is 2.42 bits per heavy atom. The van der Waals surface area contributed by atoms with Crippen LogP contribution in [0.15, 0.2) is 0 Å². The quantitative estimate of drug-likeness (QED) is 0.372. The monoisotopic (exact) mass is 258 g/mol. The lowest BCUT2D eigenvalue weighted by Gasteiger charge is -1.94. The van der Waals surface area contributed by atoms with Crippen LogP contribution in [0.4, 0.5) is 3.87 Å². The van der Waals surface area contributed by atoms with Gasteiger partial charge >= 0.3 is 24.0 Å². The Morgan fingerprint density at radius 1 is 1.67 bits per heavy atom. The van der Waals surface area contributed by atoms with E-state index in [1.165, 1.54) is 0 Å². The molecule has 0 saturated carbocycles. The molecule has 0 saturated heterocycles. The second kappa shape index (κ2) is 7.23. The molecule has 0 fully saturated rings. The summed E-state index contributed by atoms with van der Waals surface area (Å²) in [7, 11) is 0. The zero-order valence-corrected chi connectivity index (χ0v) is 8.89. The predicted molar refractivity (Wildman–Crippen MR) is 43.1 cm³/mol. The number of rotatable bonds is 4. The molecule has 0 aliphatic heterocycles. The van der Waals surface area contributed by atoms with E-state index in [1.54, 1.807) is 6.92 Å². The van der Waals surface area contributed by atoms with E-state index < -0.39 is 11.2 Å². The van der Waals surface area contributed by atoms with Crippen LogP contribution in [0.3, 0.4) is 0 Å². The van der Waals surface area contributed by atoms with Gasteiger partial charge in [-0.1, -0.05) is 6.92 Å². The second-order valence-corrected chi connectivity index (χ2v) is 2.75. The summed E-state index contributed by atoms with van der Waals surface area (Å²) in [6, 6.07) is -0.227. The van der Waals surface area contributed by atoms with Crippen LogP contribution >= 0.6 is 12.0 Å². The summed E-state index contributed by atoms with van der Waals surface area (Å²) in [5, 5.41) is 7.88. The molecule has 1 atom stereocenters. The van der Waals surface area contributed by atoms with Crippen molar-refractivity contribution in [1.29, 1.82) is 0 Å². The average Bonchev–Trinajstić information content (AvgIpc) is 1.87. The van der Waals surface area contributed by atoms with Crippen LogP contribution in [0.25, 0.3) is 0 Å². The van der Waals surface area contributed by atoms with Gasteiger partial charge in [0.05, 0.1) is 0 Å². The summed E-state index contributed by atoms with van der Waals surface area (Å²) >= 11 is 0.751. The van der Waals surface area contributed by atoms with Crippen LogP contribution in [-0.4, -0.2) is 22.4 Å². The molecule has 0 aromatic rings. The van der Waals surface area contributed by atoms with Crippen molar-refractivity contribution in [3.8, 4) is 0 Å². The molecule has 72 valence electrons. The highest BCUT2D eigenvalue weighted by molar-refractivity contribution is 7.94. The molecule has 2 amide bonds. The molecule has 7 heteroatoms. The third kappa shape index (κ3) is 6.29. The van der Waals surface area contributed by atoms with E-state index >= 15 is 0 Å². The van der Waals surface area contributed by atoms with E-state index in [0.717, 1.165) is 12.0 Å². The van der Waals surface area contributed by atoms with Crippen molar-refractivity contribution in [2.24, 2.45) is 11.5 Å². The van der Waals surface area contributed by atoms with Gasteiger partial charge in [-0.2, -0.15) is 0 Å². The Bertz CT molecular complexity index is 172. The van der Waals surface area contributed by atoms with Gasteiger partial charge < -0.3 is 33.6 Å². The Kier molecular flexibility index (Phi) is 8.51. The van der Waals surface area contributed by atoms with E-state index in [0.29, 0.717) is 6.42 Å². The standard InChI is InChI=1S/C5H10N2O3S.BrH/c1-2-3(4(8)9)11-10-5(6)7;/h3H,2,6-7H2,1H3;1H. The van der Waals surface area contributed by atoms with Gasteiger partial charge in [0, 0.05) is 0 Å². The minimum atomic E-state index is -0.932. The number of carboxylic acid groups (broad SMARTS) is 1. The second-order valence-electron chi connectivity index (χ2n) is 1.82. The van der Waals surface area contributed by atoms with Gasteiger partial charge in [-0.25, -0.2) is 0 Å². The lowest BCUT2D eigenvalue weighted by atomic mass is 10.3. The van der Waals surface area contributed by atoms with Crippen molar-refractivity contribution in [2.45, 2.75) is 18.6 Å². The molecule has 12 heavy (non-hydrogen) atoms. The van der Waals surface area contributed by atoms with Crippen molar-refractivity contribution in [3.63, 3.8) is 0 Å². The highest BCUT2D eigenvalue weighted by Gasteiger charge is 2.24. The summed E-state index contributed by atoms with van der Waals surface area (Å²) in [6.07, 6.45) is 0.466. The number of carbonyl (C=O) groups is 1. The first kappa shape index (κ1) is 14.1. The molecule has 0 bridgehead atoms. The summed E-state index contributed by atoms with van der Waals surface area (Å²) in [6.45, 7) is 1.74. The molecule has 0 radical (unpaired) electrons. The van der Waals surface area contributed by atoms with E-state index in [2.05, 4.69) is 3.87 Å². The Hall–Kier alpha value is -0.430. The number of hydrogen-bond acceptors (Lipinski definition) is 2. The zero-order chi connectivity index (χ0) is 8.85. The van der Waals surface area contributed by atoms with Crippen LogP contribution in [-0.2, 0) is 4.79 Å². The highest BCUT2D eigenvalue weighted by atomic mass is 79.9. The molecule has 0 aliphatic rings. The van der Waals surface area contributed by atoms with Gasteiger partial charge in [0.1, 0.15) is 0 Å². The van der Waals surface area contributed by atoms with Gasteiger partial charge in [-0.15, -0.1) is 3.87 Å². The zero-order valence-electron chi connectivity index (χ0n) is 6.49. The minimum Gasteiger partial charge on any atom is -1.00 e. The van der Waals surface area contributed by atoms with Gasteiger partial charge in [0.25, 0.3) is 0 Å². The minimum absolute atomic E-state index is 0.